The molecule has 2 N–H and O–H groups in total. The van der Waals surface area contributed by atoms with E-state index >= 15 is 0 Å². The summed E-state index contributed by atoms with van der Waals surface area (Å²) in [5.41, 5.74) is 0. The summed E-state index contributed by atoms with van der Waals surface area (Å²) in [6.45, 7) is 3.83. The summed E-state index contributed by atoms with van der Waals surface area (Å²) in [6, 6.07) is 0. The van der Waals surface area contributed by atoms with Gasteiger partial charge in [-0.2, -0.15) is 0 Å². The summed E-state index contributed by atoms with van der Waals surface area (Å²) in [5, 5.41) is 10.5. The Bertz CT molecular complexity index is 75.4. The zero-order valence-electron chi connectivity index (χ0n) is 5.14. The number of nitrogens with one attached hydrogen (secondary N) is 2. The van der Waals surface area contributed by atoms with Crippen LogP contribution in [-0.4, -0.2) is 31.5 Å². The first-order valence-electron chi connectivity index (χ1n) is 2.74. The molecule has 1 saturated heterocycles. The van der Waals surface area contributed by atoms with Gasteiger partial charge < -0.3 is 10.1 Å². The lowest BCUT2D eigenvalue weighted by Gasteiger charge is -2.10. The summed E-state index contributed by atoms with van der Waals surface area (Å²) in [5.74, 6) is 0. The average Bonchev–Trinajstić information content (AvgIpc) is 1.93. The van der Waals surface area contributed by atoms with Crippen LogP contribution in [0.3, 0.4) is 0 Å². The van der Waals surface area contributed by atoms with Crippen LogP contribution in [0.15, 0.2) is 0 Å². The van der Waals surface area contributed by atoms with Crippen LogP contribution in [0.5, 0.6) is 0 Å². The van der Waals surface area contributed by atoms with Crippen molar-refractivity contribution >= 4 is 17.4 Å². The zero-order valence-corrected chi connectivity index (χ0v) is 5.96. The van der Waals surface area contributed by atoms with Crippen molar-refractivity contribution < 1.29 is 4.74 Å². The summed E-state index contributed by atoms with van der Waals surface area (Å²) in [6.07, 6.45) is 0. The second-order valence-electron chi connectivity index (χ2n) is 1.46. The van der Waals surface area contributed by atoms with E-state index in [2.05, 4.69) is 17.5 Å². The van der Waals surface area contributed by atoms with Crippen LogP contribution in [-0.2, 0) is 4.74 Å². The minimum Gasteiger partial charge on any atom is -0.379 e. The maximum absolute atomic E-state index is 5.77. The first-order chi connectivity index (χ1) is 4.41. The Morgan fingerprint density at radius 2 is 1.89 bits per heavy atom. The summed E-state index contributed by atoms with van der Waals surface area (Å²) < 4.78 is 5.01. The highest BCUT2D eigenvalue weighted by molar-refractivity contribution is 7.78. The molecule has 0 aromatic carbocycles. The van der Waals surface area contributed by atoms with Crippen molar-refractivity contribution in [3.63, 3.8) is 0 Å². The summed E-state index contributed by atoms with van der Waals surface area (Å²) >= 11 is 3.81. The van der Waals surface area contributed by atoms with Crippen LogP contribution in [0, 0.1) is 5.41 Å². The van der Waals surface area contributed by atoms with Crippen molar-refractivity contribution in [1.82, 2.24) is 5.32 Å². The monoisotopic (exact) mass is 146 g/mol. The van der Waals surface area contributed by atoms with Gasteiger partial charge in [0.25, 0.3) is 0 Å². The fraction of sp³-hybridized carbons (Fsp3) is 0.800. The predicted octanol–water partition coefficient (Wildman–Crippen LogP) is 0.274. The highest BCUT2D eigenvalue weighted by atomic mass is 32.1. The molecular formula is C5H10N2OS. The fourth-order valence-corrected chi connectivity index (χ4v) is 0.516. The van der Waals surface area contributed by atoms with Crippen molar-refractivity contribution in [3.05, 3.63) is 0 Å². The SMILES string of the molecule is C1COCCN1.N=C=S. The lowest BCUT2D eigenvalue weighted by atomic mass is 10.5. The van der Waals surface area contributed by atoms with Gasteiger partial charge in [-0.15, -0.1) is 0 Å². The molecule has 0 aromatic rings. The molecule has 0 unspecified atom stereocenters. The number of hydrogen-bond donors (Lipinski definition) is 2. The smallest absolute Gasteiger partial charge is 0.0591 e. The fourth-order valence-electron chi connectivity index (χ4n) is 0.516. The maximum atomic E-state index is 5.77. The van der Waals surface area contributed by atoms with Gasteiger partial charge in [0.2, 0.25) is 0 Å². The van der Waals surface area contributed by atoms with Crippen LogP contribution < -0.4 is 5.32 Å². The Morgan fingerprint density at radius 3 is 2.00 bits per heavy atom. The van der Waals surface area contributed by atoms with Crippen molar-refractivity contribution in [3.8, 4) is 0 Å². The molecule has 1 rings (SSSR count). The molecule has 0 spiro atoms. The predicted molar refractivity (Wildman–Crippen MR) is 39.0 cm³/mol. The Labute approximate surface area is 59.9 Å². The Balaban J connectivity index is 0.000000187. The van der Waals surface area contributed by atoms with E-state index in [0.717, 1.165) is 26.3 Å². The van der Waals surface area contributed by atoms with Crippen molar-refractivity contribution in [2.24, 2.45) is 0 Å². The second-order valence-corrected chi connectivity index (χ2v) is 1.67. The third-order valence-corrected chi connectivity index (χ3v) is 0.846. The highest BCUT2D eigenvalue weighted by Crippen LogP contribution is 1.76. The van der Waals surface area contributed by atoms with Crippen LogP contribution in [0.25, 0.3) is 0 Å². The van der Waals surface area contributed by atoms with Gasteiger partial charge in [-0.3, -0.25) is 0 Å². The van der Waals surface area contributed by atoms with Crippen molar-refractivity contribution in [1.29, 1.82) is 5.41 Å². The topological polar surface area (TPSA) is 45.1 Å². The molecule has 1 aliphatic heterocycles. The van der Waals surface area contributed by atoms with E-state index in [1.165, 1.54) is 0 Å². The van der Waals surface area contributed by atoms with Gasteiger partial charge in [0, 0.05) is 13.1 Å². The van der Waals surface area contributed by atoms with Gasteiger partial charge in [0.05, 0.1) is 18.4 Å². The number of rotatable bonds is 0. The molecule has 1 heterocycles. The molecule has 0 saturated carbocycles. The molecule has 3 nitrogen and oxygen atoms in total. The molecule has 0 bridgehead atoms. The molecule has 1 fully saturated rings. The molecule has 0 atom stereocenters. The molecule has 9 heavy (non-hydrogen) atoms. The van der Waals surface area contributed by atoms with Gasteiger partial charge in [-0.1, -0.05) is 0 Å². The summed E-state index contributed by atoms with van der Waals surface area (Å²) in [7, 11) is 0. The van der Waals surface area contributed by atoms with E-state index in [4.69, 9.17) is 10.1 Å². The minimum absolute atomic E-state index is 0.889. The number of ether oxygens (including phenoxy) is 1. The first kappa shape index (κ1) is 8.72. The van der Waals surface area contributed by atoms with E-state index in [-0.39, 0.29) is 0 Å². The maximum Gasteiger partial charge on any atom is 0.0591 e. The van der Waals surface area contributed by atoms with Crippen molar-refractivity contribution in [2.75, 3.05) is 26.3 Å². The standard InChI is InChI=1S/C4H9NO.CHNS/c1-3-6-4-2-5-1;2-1-3/h5H,1-4H2;2H. The lowest BCUT2D eigenvalue weighted by molar-refractivity contribution is 0.109. The average molecular weight is 146 g/mol. The van der Waals surface area contributed by atoms with Gasteiger partial charge >= 0.3 is 0 Å². The quantitative estimate of drug-likeness (QED) is 0.381. The minimum atomic E-state index is 0.889. The van der Waals surface area contributed by atoms with Crippen molar-refractivity contribution in [2.45, 2.75) is 0 Å². The normalized spacial score (nSPS) is 16.9. The summed E-state index contributed by atoms with van der Waals surface area (Å²) in [4.78, 5) is 0. The Hall–Kier alpha value is -0.280. The second kappa shape index (κ2) is 7.72. The third kappa shape index (κ3) is 7.72. The van der Waals surface area contributed by atoms with Crippen LogP contribution >= 0.6 is 12.2 Å². The van der Waals surface area contributed by atoms with E-state index in [9.17, 15) is 0 Å². The highest BCUT2D eigenvalue weighted by Gasteiger charge is 1.92. The third-order valence-electron chi connectivity index (χ3n) is 0.846. The molecule has 0 radical (unpaired) electrons. The first-order valence-corrected chi connectivity index (χ1v) is 3.15. The molecular weight excluding hydrogens is 136 g/mol. The van der Waals surface area contributed by atoms with Gasteiger partial charge in [-0.05, 0) is 12.2 Å². The van der Waals surface area contributed by atoms with Crippen LogP contribution in [0.4, 0.5) is 0 Å². The van der Waals surface area contributed by atoms with E-state index in [0.29, 0.717) is 0 Å². The largest absolute Gasteiger partial charge is 0.379 e. The molecule has 4 heteroatoms. The van der Waals surface area contributed by atoms with Crippen LogP contribution in [0.1, 0.15) is 0 Å². The molecule has 52 valence electrons. The zero-order chi connectivity index (χ0) is 6.95. The Morgan fingerprint density at radius 1 is 1.44 bits per heavy atom. The van der Waals surface area contributed by atoms with E-state index < -0.39 is 0 Å². The molecule has 0 aliphatic carbocycles. The van der Waals surface area contributed by atoms with Crippen LogP contribution in [0.2, 0.25) is 0 Å². The van der Waals surface area contributed by atoms with Gasteiger partial charge in [0.1, 0.15) is 0 Å². The van der Waals surface area contributed by atoms with E-state index in [1.807, 2.05) is 0 Å². The number of hydrogen-bond acceptors (Lipinski definition) is 4. The molecule has 0 amide bonds. The number of thiocarbonyl (C=S) groups is 1. The van der Waals surface area contributed by atoms with Gasteiger partial charge in [0.15, 0.2) is 0 Å². The van der Waals surface area contributed by atoms with Gasteiger partial charge in [-0.25, -0.2) is 5.41 Å². The Kier molecular flexibility index (Phi) is 7.48. The number of morpholine rings is 1. The lowest BCUT2D eigenvalue weighted by Crippen LogP contribution is -2.30. The van der Waals surface area contributed by atoms with E-state index in [1.54, 1.807) is 5.16 Å². The molecule has 1 aliphatic rings. The molecule has 0 aromatic heterocycles. The number of isothiocyanates is 1.